The van der Waals surface area contributed by atoms with Crippen molar-refractivity contribution in [1.29, 1.82) is 0 Å². The van der Waals surface area contributed by atoms with Crippen LogP contribution < -0.4 is 0 Å². The number of carbonyl (C=O) groups is 1. The minimum Gasteiger partial charge on any atom is -0.478 e. The predicted octanol–water partition coefficient (Wildman–Crippen LogP) is 3.65. The second-order valence-electron chi connectivity index (χ2n) is 5.22. The zero-order valence-corrected chi connectivity index (χ0v) is 11.9. The van der Waals surface area contributed by atoms with Crippen molar-refractivity contribution in [2.45, 2.75) is 19.9 Å². The van der Waals surface area contributed by atoms with E-state index in [1.165, 1.54) is 5.56 Å². The lowest BCUT2D eigenvalue weighted by Gasteiger charge is -2.16. The molecule has 4 heteroatoms. The van der Waals surface area contributed by atoms with Gasteiger partial charge in [-0.1, -0.05) is 35.9 Å². The average molecular weight is 280 g/mol. The van der Waals surface area contributed by atoms with Gasteiger partial charge in [0.1, 0.15) is 0 Å². The van der Waals surface area contributed by atoms with Gasteiger partial charge in [-0.25, -0.2) is 9.78 Å². The molecule has 3 aromatic rings. The summed E-state index contributed by atoms with van der Waals surface area (Å²) in [7, 11) is 0. The largest absolute Gasteiger partial charge is 0.478 e. The van der Waals surface area contributed by atoms with E-state index in [0.29, 0.717) is 11.0 Å². The Hall–Kier alpha value is -2.62. The molecule has 3 rings (SSSR count). The highest BCUT2D eigenvalue weighted by atomic mass is 16.4. The summed E-state index contributed by atoms with van der Waals surface area (Å²) in [4.78, 5) is 15.8. The number of hydrogen-bond acceptors (Lipinski definition) is 2. The summed E-state index contributed by atoms with van der Waals surface area (Å²) < 4.78 is 1.92. The first kappa shape index (κ1) is 13.4. The van der Waals surface area contributed by atoms with Gasteiger partial charge in [0.05, 0.1) is 29.0 Å². The van der Waals surface area contributed by atoms with Crippen LogP contribution in [0.1, 0.15) is 34.5 Å². The minimum atomic E-state index is -0.932. The lowest BCUT2D eigenvalue weighted by Crippen LogP contribution is -2.08. The maximum Gasteiger partial charge on any atom is 0.337 e. The Balaban J connectivity index is 2.16. The molecule has 106 valence electrons. The van der Waals surface area contributed by atoms with Crippen LogP contribution in [0.2, 0.25) is 0 Å². The van der Waals surface area contributed by atoms with E-state index in [1.54, 1.807) is 18.5 Å². The molecule has 0 radical (unpaired) electrons. The summed E-state index contributed by atoms with van der Waals surface area (Å²) in [5.74, 6) is -0.932. The smallest absolute Gasteiger partial charge is 0.337 e. The van der Waals surface area contributed by atoms with E-state index < -0.39 is 5.97 Å². The molecule has 4 nitrogen and oxygen atoms in total. The zero-order chi connectivity index (χ0) is 15.0. The molecule has 1 heterocycles. The Morgan fingerprint density at radius 2 is 1.90 bits per heavy atom. The molecule has 1 unspecified atom stereocenters. The minimum absolute atomic E-state index is 0.0242. The molecule has 1 atom stereocenters. The first-order valence-electron chi connectivity index (χ1n) is 6.83. The number of aromatic nitrogens is 2. The van der Waals surface area contributed by atoms with E-state index in [9.17, 15) is 9.90 Å². The fourth-order valence-electron chi connectivity index (χ4n) is 2.56. The molecule has 0 bridgehead atoms. The number of para-hydroxylation sites is 1. The van der Waals surface area contributed by atoms with Crippen molar-refractivity contribution in [2.24, 2.45) is 0 Å². The van der Waals surface area contributed by atoms with Gasteiger partial charge in [0.25, 0.3) is 0 Å². The van der Waals surface area contributed by atoms with Gasteiger partial charge in [-0.2, -0.15) is 0 Å². The van der Waals surface area contributed by atoms with Gasteiger partial charge in [-0.3, -0.25) is 0 Å². The molecular formula is C17H16N2O2. The molecule has 1 N–H and O–H groups in total. The fraction of sp³-hybridized carbons (Fsp3) is 0.176. The molecular weight excluding hydrogens is 264 g/mol. The topological polar surface area (TPSA) is 55.1 Å². The maximum absolute atomic E-state index is 11.4. The van der Waals surface area contributed by atoms with Gasteiger partial charge in [0.2, 0.25) is 0 Å². The van der Waals surface area contributed by atoms with Gasteiger partial charge in [-0.05, 0) is 31.5 Å². The molecule has 2 aromatic carbocycles. The Bertz CT molecular complexity index is 803. The normalized spacial score (nSPS) is 12.5. The number of imidazole rings is 1. The van der Waals surface area contributed by atoms with Gasteiger partial charge in [0, 0.05) is 0 Å². The van der Waals surface area contributed by atoms with E-state index in [2.05, 4.69) is 29.2 Å². The Morgan fingerprint density at radius 3 is 2.57 bits per heavy atom. The molecule has 0 fully saturated rings. The second-order valence-corrected chi connectivity index (χ2v) is 5.22. The van der Waals surface area contributed by atoms with E-state index in [0.717, 1.165) is 5.56 Å². The summed E-state index contributed by atoms with van der Waals surface area (Å²) in [5.41, 5.74) is 3.98. The zero-order valence-electron chi connectivity index (χ0n) is 11.9. The van der Waals surface area contributed by atoms with Crippen LogP contribution in [0, 0.1) is 6.92 Å². The third-order valence-corrected chi connectivity index (χ3v) is 3.80. The van der Waals surface area contributed by atoms with Crippen LogP contribution in [0.4, 0.5) is 0 Å². The highest BCUT2D eigenvalue weighted by Crippen LogP contribution is 2.26. The number of benzene rings is 2. The van der Waals surface area contributed by atoms with E-state index in [1.807, 2.05) is 24.5 Å². The van der Waals surface area contributed by atoms with Crippen LogP contribution in [0.3, 0.4) is 0 Å². The molecule has 0 aliphatic carbocycles. The summed E-state index contributed by atoms with van der Waals surface area (Å²) in [6.45, 7) is 4.09. The molecule has 21 heavy (non-hydrogen) atoms. The van der Waals surface area contributed by atoms with Crippen LogP contribution >= 0.6 is 0 Å². The monoisotopic (exact) mass is 280 g/mol. The first-order chi connectivity index (χ1) is 10.1. The second kappa shape index (κ2) is 5.05. The number of aromatic carboxylic acids is 1. The number of nitrogens with zero attached hydrogens (tertiary/aromatic N) is 2. The molecule has 0 saturated carbocycles. The van der Waals surface area contributed by atoms with Crippen molar-refractivity contribution in [2.75, 3.05) is 0 Å². The average Bonchev–Trinajstić information content (AvgIpc) is 2.91. The Morgan fingerprint density at radius 1 is 1.19 bits per heavy atom. The Labute approximate surface area is 122 Å². The van der Waals surface area contributed by atoms with Crippen molar-refractivity contribution >= 4 is 17.0 Å². The van der Waals surface area contributed by atoms with Gasteiger partial charge in [0.15, 0.2) is 0 Å². The van der Waals surface area contributed by atoms with E-state index >= 15 is 0 Å². The number of fused-ring (bicyclic) bond motifs is 1. The summed E-state index contributed by atoms with van der Waals surface area (Å²) in [6, 6.07) is 13.4. The van der Waals surface area contributed by atoms with Crippen LogP contribution in [0.5, 0.6) is 0 Å². The molecule has 0 aliphatic rings. The van der Waals surface area contributed by atoms with Gasteiger partial charge >= 0.3 is 5.97 Å². The van der Waals surface area contributed by atoms with Crippen molar-refractivity contribution in [3.05, 3.63) is 65.5 Å². The molecule has 0 saturated heterocycles. The predicted molar refractivity (Wildman–Crippen MR) is 81.7 cm³/mol. The third kappa shape index (κ3) is 2.29. The van der Waals surface area contributed by atoms with E-state index in [4.69, 9.17) is 0 Å². The highest BCUT2D eigenvalue weighted by molar-refractivity contribution is 6.01. The van der Waals surface area contributed by atoms with Crippen LogP contribution in [-0.2, 0) is 0 Å². The number of carboxylic acids is 1. The molecule has 0 spiro atoms. The van der Waals surface area contributed by atoms with Gasteiger partial charge < -0.3 is 9.67 Å². The van der Waals surface area contributed by atoms with Crippen molar-refractivity contribution in [3.8, 4) is 0 Å². The third-order valence-electron chi connectivity index (χ3n) is 3.80. The lowest BCUT2D eigenvalue weighted by molar-refractivity contribution is 0.0698. The number of aryl methyl sites for hydroxylation is 1. The van der Waals surface area contributed by atoms with E-state index in [-0.39, 0.29) is 11.6 Å². The van der Waals surface area contributed by atoms with Crippen molar-refractivity contribution in [1.82, 2.24) is 9.55 Å². The molecule has 0 aliphatic heterocycles. The summed E-state index contributed by atoms with van der Waals surface area (Å²) in [5, 5.41) is 9.37. The standard InChI is InChI=1S/C17H16N2O2/c1-11-6-8-13(9-7-11)12(2)19-10-18-15-5-3-4-14(16(15)19)17(20)21/h3-10,12H,1-2H3,(H,20,21). The lowest BCUT2D eigenvalue weighted by atomic mass is 10.1. The fourth-order valence-corrected chi connectivity index (χ4v) is 2.56. The van der Waals surface area contributed by atoms with Crippen molar-refractivity contribution in [3.63, 3.8) is 0 Å². The SMILES string of the molecule is Cc1ccc(C(C)n2cnc3cccc(C(=O)O)c32)cc1. The first-order valence-corrected chi connectivity index (χ1v) is 6.83. The van der Waals surface area contributed by atoms with Crippen LogP contribution in [0.15, 0.2) is 48.8 Å². The number of hydrogen-bond donors (Lipinski definition) is 1. The summed E-state index contributed by atoms with van der Waals surface area (Å²) in [6.07, 6.45) is 1.71. The quantitative estimate of drug-likeness (QED) is 0.796. The van der Waals surface area contributed by atoms with Crippen LogP contribution in [-0.4, -0.2) is 20.6 Å². The van der Waals surface area contributed by atoms with Crippen molar-refractivity contribution < 1.29 is 9.90 Å². The summed E-state index contributed by atoms with van der Waals surface area (Å²) >= 11 is 0. The maximum atomic E-state index is 11.4. The molecule has 1 aromatic heterocycles. The molecule has 0 amide bonds. The van der Waals surface area contributed by atoms with Gasteiger partial charge in [-0.15, -0.1) is 0 Å². The highest BCUT2D eigenvalue weighted by Gasteiger charge is 2.17. The Kier molecular flexibility index (Phi) is 3.22. The van der Waals surface area contributed by atoms with Crippen LogP contribution in [0.25, 0.3) is 11.0 Å². The number of rotatable bonds is 3. The number of carboxylic acid groups (broad SMARTS) is 1.